The van der Waals surface area contributed by atoms with Crippen LogP contribution in [0.4, 0.5) is 14.5 Å². The van der Waals surface area contributed by atoms with Gasteiger partial charge in [0.15, 0.2) is 12.4 Å². The molecule has 0 saturated carbocycles. The lowest BCUT2D eigenvalue weighted by atomic mass is 10.1. The number of ketones is 1. The van der Waals surface area contributed by atoms with Gasteiger partial charge in [0.05, 0.1) is 11.4 Å². The van der Waals surface area contributed by atoms with E-state index < -0.39 is 11.6 Å². The summed E-state index contributed by atoms with van der Waals surface area (Å²) < 4.78 is 31.8. The number of fused-ring (bicyclic) bond motifs is 1. The van der Waals surface area contributed by atoms with Gasteiger partial charge >= 0.3 is 0 Å². The van der Waals surface area contributed by atoms with Gasteiger partial charge in [0, 0.05) is 10.5 Å². The van der Waals surface area contributed by atoms with E-state index in [0.717, 1.165) is 30.0 Å². The molecule has 3 rings (SSSR count). The second kappa shape index (κ2) is 6.37. The van der Waals surface area contributed by atoms with Gasteiger partial charge in [-0.2, -0.15) is 0 Å². The lowest BCUT2D eigenvalue weighted by molar-refractivity contribution is -0.118. The van der Waals surface area contributed by atoms with Crippen LogP contribution in [0.1, 0.15) is 10.4 Å². The molecule has 0 atom stereocenters. The molecule has 23 heavy (non-hydrogen) atoms. The van der Waals surface area contributed by atoms with Crippen LogP contribution in [0.15, 0.2) is 41.3 Å². The first-order chi connectivity index (χ1) is 11.0. The lowest BCUT2D eigenvalue weighted by Gasteiger charge is -2.18. The number of carbonyl (C=O) groups is 2. The Morgan fingerprint density at radius 2 is 2.04 bits per heavy atom. The molecule has 4 nitrogen and oxygen atoms in total. The van der Waals surface area contributed by atoms with Gasteiger partial charge in [0.2, 0.25) is 0 Å². The van der Waals surface area contributed by atoms with Crippen LogP contribution >= 0.6 is 11.8 Å². The highest BCUT2D eigenvalue weighted by Gasteiger charge is 2.18. The van der Waals surface area contributed by atoms with E-state index in [9.17, 15) is 18.4 Å². The fraction of sp³-hybridized carbons (Fsp3) is 0.125. The maximum Gasteiger partial charge on any atom is 0.262 e. The molecule has 2 aromatic rings. The quantitative estimate of drug-likeness (QED) is 0.688. The Morgan fingerprint density at radius 3 is 2.87 bits per heavy atom. The molecule has 1 heterocycles. The van der Waals surface area contributed by atoms with E-state index >= 15 is 0 Å². The Balaban J connectivity index is 1.72. The number of halogens is 2. The molecule has 0 spiro atoms. The second-order valence-electron chi connectivity index (χ2n) is 4.83. The molecule has 0 radical (unpaired) electrons. The minimum Gasteiger partial charge on any atom is -0.482 e. The maximum atomic E-state index is 13.5. The van der Waals surface area contributed by atoms with Crippen molar-refractivity contribution in [1.82, 2.24) is 0 Å². The minimum absolute atomic E-state index is 0.0477. The number of rotatable bonds is 4. The van der Waals surface area contributed by atoms with Gasteiger partial charge in [-0.1, -0.05) is 0 Å². The van der Waals surface area contributed by atoms with Crippen molar-refractivity contribution in [2.24, 2.45) is 0 Å². The van der Waals surface area contributed by atoms with Gasteiger partial charge in [-0.25, -0.2) is 8.78 Å². The second-order valence-corrected chi connectivity index (χ2v) is 5.85. The Hall–Kier alpha value is -2.41. The highest BCUT2D eigenvalue weighted by molar-refractivity contribution is 8.00. The van der Waals surface area contributed by atoms with Crippen molar-refractivity contribution in [2.75, 3.05) is 17.7 Å². The monoisotopic (exact) mass is 335 g/mol. The van der Waals surface area contributed by atoms with E-state index in [2.05, 4.69) is 5.32 Å². The van der Waals surface area contributed by atoms with Crippen molar-refractivity contribution < 1.29 is 23.1 Å². The number of ether oxygens (including phenoxy) is 1. The zero-order valence-electron chi connectivity index (χ0n) is 11.8. The first kappa shape index (κ1) is 15.5. The summed E-state index contributed by atoms with van der Waals surface area (Å²) in [6.45, 7) is -0.0605. The molecule has 0 aliphatic carbocycles. The van der Waals surface area contributed by atoms with Crippen LogP contribution in [0.5, 0.6) is 5.75 Å². The molecule has 118 valence electrons. The Kier molecular flexibility index (Phi) is 4.29. The number of hydrogen-bond acceptors (Lipinski definition) is 4. The summed E-state index contributed by atoms with van der Waals surface area (Å²) in [6.07, 6.45) is 0. The lowest BCUT2D eigenvalue weighted by Crippen LogP contribution is -2.25. The van der Waals surface area contributed by atoms with Crippen molar-refractivity contribution in [1.29, 1.82) is 0 Å². The maximum absolute atomic E-state index is 13.5. The molecular formula is C16H11F2NO3S. The molecule has 0 aromatic heterocycles. The van der Waals surface area contributed by atoms with Gasteiger partial charge < -0.3 is 10.1 Å². The van der Waals surface area contributed by atoms with Crippen molar-refractivity contribution >= 4 is 29.1 Å². The van der Waals surface area contributed by atoms with Crippen LogP contribution < -0.4 is 10.1 Å². The smallest absolute Gasteiger partial charge is 0.262 e. The predicted octanol–water partition coefficient (Wildman–Crippen LogP) is 3.27. The predicted molar refractivity (Wildman–Crippen MR) is 82.0 cm³/mol. The van der Waals surface area contributed by atoms with E-state index in [1.165, 1.54) is 6.07 Å². The van der Waals surface area contributed by atoms with E-state index in [1.54, 1.807) is 12.1 Å². The van der Waals surface area contributed by atoms with Crippen molar-refractivity contribution in [3.8, 4) is 5.75 Å². The molecule has 1 aliphatic rings. The Morgan fingerprint density at radius 1 is 1.22 bits per heavy atom. The summed E-state index contributed by atoms with van der Waals surface area (Å²) >= 11 is 0.919. The summed E-state index contributed by atoms with van der Waals surface area (Å²) in [4.78, 5) is 23.6. The van der Waals surface area contributed by atoms with Gasteiger partial charge in [-0.15, -0.1) is 11.8 Å². The summed E-state index contributed by atoms with van der Waals surface area (Å²) in [5.41, 5.74) is 0.785. The average molecular weight is 335 g/mol. The molecule has 2 aromatic carbocycles. The molecule has 0 bridgehead atoms. The number of thioether (sulfide) groups is 1. The third-order valence-corrected chi connectivity index (χ3v) is 4.22. The molecular weight excluding hydrogens is 324 g/mol. The van der Waals surface area contributed by atoms with Gasteiger partial charge in [0.25, 0.3) is 5.91 Å². The average Bonchev–Trinajstić information content (AvgIpc) is 2.54. The van der Waals surface area contributed by atoms with Crippen LogP contribution in [0.2, 0.25) is 0 Å². The van der Waals surface area contributed by atoms with Crippen LogP contribution in [-0.2, 0) is 4.79 Å². The van der Waals surface area contributed by atoms with E-state index in [0.29, 0.717) is 17.0 Å². The summed E-state index contributed by atoms with van der Waals surface area (Å²) in [7, 11) is 0. The number of nitrogens with one attached hydrogen (secondary N) is 1. The first-order valence-electron chi connectivity index (χ1n) is 6.70. The summed E-state index contributed by atoms with van der Waals surface area (Å²) in [6, 6.07) is 7.77. The fourth-order valence-corrected chi connectivity index (χ4v) is 2.93. The van der Waals surface area contributed by atoms with Gasteiger partial charge in [0.1, 0.15) is 17.4 Å². The third kappa shape index (κ3) is 3.50. The largest absolute Gasteiger partial charge is 0.482 e. The number of amides is 1. The Labute approximate surface area is 134 Å². The van der Waals surface area contributed by atoms with Gasteiger partial charge in [-0.05, 0) is 36.4 Å². The standard InChI is InChI=1S/C16H11F2NO3S/c17-10-2-3-11(18)15(6-10)23-8-13(20)9-1-4-14-12(5-9)19-16(21)7-22-14/h1-6H,7-8H2,(H,19,21). The topological polar surface area (TPSA) is 55.4 Å². The zero-order chi connectivity index (χ0) is 16.4. The summed E-state index contributed by atoms with van der Waals surface area (Å²) in [5.74, 6) is -1.25. The number of anilines is 1. The van der Waals surface area contributed by atoms with Gasteiger partial charge in [-0.3, -0.25) is 9.59 Å². The highest BCUT2D eigenvalue weighted by Crippen LogP contribution is 2.29. The molecule has 0 fully saturated rings. The third-order valence-electron chi connectivity index (χ3n) is 3.19. The SMILES string of the molecule is O=C1COc2ccc(C(=O)CSc3cc(F)ccc3F)cc2N1. The highest BCUT2D eigenvalue weighted by atomic mass is 32.2. The van der Waals surface area contributed by atoms with Crippen LogP contribution in [0, 0.1) is 11.6 Å². The first-order valence-corrected chi connectivity index (χ1v) is 7.69. The van der Waals surface area contributed by atoms with Crippen LogP contribution in [0.3, 0.4) is 0 Å². The molecule has 1 N–H and O–H groups in total. The normalized spacial score (nSPS) is 13.0. The molecule has 0 unspecified atom stereocenters. The number of benzene rings is 2. The van der Waals surface area contributed by atoms with Crippen LogP contribution in [-0.4, -0.2) is 24.1 Å². The van der Waals surface area contributed by atoms with Crippen molar-refractivity contribution in [3.05, 3.63) is 53.6 Å². The van der Waals surface area contributed by atoms with E-state index in [1.807, 2.05) is 0 Å². The molecule has 1 aliphatic heterocycles. The summed E-state index contributed by atoms with van der Waals surface area (Å²) in [5, 5.41) is 2.61. The van der Waals surface area contributed by atoms with Crippen molar-refractivity contribution in [2.45, 2.75) is 4.90 Å². The Bertz CT molecular complexity index is 795. The van der Waals surface area contributed by atoms with Crippen molar-refractivity contribution in [3.63, 3.8) is 0 Å². The number of Topliss-reactive ketones (excluding diaryl/α,β-unsaturated/α-hetero) is 1. The van der Waals surface area contributed by atoms with E-state index in [-0.39, 0.29) is 28.9 Å². The number of hydrogen-bond donors (Lipinski definition) is 1. The minimum atomic E-state index is -0.574. The van der Waals surface area contributed by atoms with Crippen LogP contribution in [0.25, 0.3) is 0 Å². The molecule has 1 amide bonds. The fourth-order valence-electron chi connectivity index (χ4n) is 2.07. The number of carbonyl (C=O) groups excluding carboxylic acids is 2. The molecule has 7 heteroatoms. The zero-order valence-corrected chi connectivity index (χ0v) is 12.6. The van der Waals surface area contributed by atoms with E-state index in [4.69, 9.17) is 4.74 Å². The molecule has 0 saturated heterocycles.